The summed E-state index contributed by atoms with van der Waals surface area (Å²) in [6.45, 7) is 3.31. The second-order valence-corrected chi connectivity index (χ2v) is 6.14. The molecule has 8 heteroatoms. The van der Waals surface area contributed by atoms with Gasteiger partial charge in [-0.25, -0.2) is 0 Å². The molecule has 0 atom stereocenters. The van der Waals surface area contributed by atoms with Gasteiger partial charge in [0.15, 0.2) is 5.75 Å². The molecule has 2 rings (SSSR count). The van der Waals surface area contributed by atoms with Gasteiger partial charge < -0.3 is 19.7 Å². The van der Waals surface area contributed by atoms with Crippen LogP contribution in [0.4, 0.5) is 5.69 Å². The zero-order valence-corrected chi connectivity index (χ0v) is 14.4. The summed E-state index contributed by atoms with van der Waals surface area (Å²) < 4.78 is 10.8. The lowest BCUT2D eigenvalue weighted by atomic mass is 10.3. The zero-order chi connectivity index (χ0) is 16.7. The van der Waals surface area contributed by atoms with Crippen LogP contribution in [0.1, 0.15) is 6.92 Å². The van der Waals surface area contributed by atoms with E-state index in [9.17, 15) is 9.59 Å². The van der Waals surface area contributed by atoms with E-state index in [4.69, 9.17) is 21.1 Å². The first-order valence-electron chi connectivity index (χ1n) is 7.26. The Hall–Kier alpha value is -1.44. The summed E-state index contributed by atoms with van der Waals surface area (Å²) in [6, 6.07) is 5.12. The third kappa shape index (κ3) is 5.30. The molecule has 0 bridgehead atoms. The summed E-state index contributed by atoms with van der Waals surface area (Å²) in [4.78, 5) is 25.2. The van der Waals surface area contributed by atoms with Gasteiger partial charge >= 0.3 is 0 Å². The van der Waals surface area contributed by atoms with Crippen LogP contribution in [0.5, 0.6) is 5.75 Å². The molecule has 0 aliphatic carbocycles. The van der Waals surface area contributed by atoms with Crippen LogP contribution >= 0.6 is 23.4 Å². The van der Waals surface area contributed by atoms with Gasteiger partial charge in [-0.05, 0) is 19.1 Å². The minimum absolute atomic E-state index is 0.0237. The van der Waals surface area contributed by atoms with Gasteiger partial charge in [0, 0.05) is 6.61 Å². The molecule has 1 aliphatic rings. The van der Waals surface area contributed by atoms with Crippen molar-refractivity contribution >= 4 is 40.9 Å². The Kier molecular flexibility index (Phi) is 7.01. The van der Waals surface area contributed by atoms with Crippen LogP contribution < -0.4 is 10.1 Å². The first kappa shape index (κ1) is 17.9. The molecule has 6 nitrogen and oxygen atoms in total. The van der Waals surface area contributed by atoms with E-state index in [0.29, 0.717) is 47.9 Å². The molecule has 1 N–H and O–H groups in total. The number of nitrogens with zero attached hydrogens (tertiary/aromatic N) is 1. The smallest absolute Gasteiger partial charge is 0.244 e. The summed E-state index contributed by atoms with van der Waals surface area (Å²) in [5, 5.41) is 3.16. The normalized spacial score (nSPS) is 14.2. The van der Waals surface area contributed by atoms with Crippen LogP contribution in [0, 0.1) is 0 Å². The largest absolute Gasteiger partial charge is 0.487 e. The third-order valence-electron chi connectivity index (χ3n) is 3.08. The molecule has 1 fully saturated rings. The predicted molar refractivity (Wildman–Crippen MR) is 91.1 cm³/mol. The second kappa shape index (κ2) is 9.00. The Morgan fingerprint density at radius 3 is 2.96 bits per heavy atom. The number of ether oxygens (including phenoxy) is 2. The molecule has 126 valence electrons. The first-order chi connectivity index (χ1) is 11.1. The van der Waals surface area contributed by atoms with Gasteiger partial charge in [-0.3, -0.25) is 9.59 Å². The molecule has 1 heterocycles. The van der Waals surface area contributed by atoms with Crippen molar-refractivity contribution in [3.8, 4) is 5.75 Å². The van der Waals surface area contributed by atoms with Crippen LogP contribution in [0.15, 0.2) is 18.2 Å². The summed E-state index contributed by atoms with van der Waals surface area (Å²) >= 11 is 7.63. The molecule has 0 spiro atoms. The zero-order valence-electron chi connectivity index (χ0n) is 12.8. The summed E-state index contributed by atoms with van der Waals surface area (Å²) in [6.07, 6.45) is 0. The number of carbonyl (C=O) groups is 2. The van der Waals surface area contributed by atoms with E-state index in [1.807, 2.05) is 6.92 Å². The number of benzene rings is 1. The van der Waals surface area contributed by atoms with Crippen LogP contribution in [-0.2, 0) is 14.3 Å². The Labute approximate surface area is 144 Å². The molecule has 0 saturated carbocycles. The lowest BCUT2D eigenvalue weighted by Crippen LogP contribution is -2.34. The SMILES string of the molecule is CCOCCOc1c(Cl)cccc1NC(=O)CN1CSCC1=O. The van der Waals surface area contributed by atoms with Crippen LogP contribution in [0.25, 0.3) is 0 Å². The Bertz CT molecular complexity index is 570. The Balaban J connectivity index is 1.96. The van der Waals surface area contributed by atoms with Crippen molar-refractivity contribution in [2.45, 2.75) is 6.92 Å². The van der Waals surface area contributed by atoms with E-state index < -0.39 is 0 Å². The maximum absolute atomic E-state index is 12.1. The lowest BCUT2D eigenvalue weighted by molar-refractivity contribution is -0.130. The molecular weight excluding hydrogens is 340 g/mol. The van der Waals surface area contributed by atoms with E-state index in [-0.39, 0.29) is 18.4 Å². The molecule has 2 amide bonds. The van der Waals surface area contributed by atoms with Gasteiger partial charge in [0.1, 0.15) is 13.2 Å². The van der Waals surface area contributed by atoms with Crippen molar-refractivity contribution in [1.29, 1.82) is 0 Å². The van der Waals surface area contributed by atoms with Gasteiger partial charge in [0.05, 0.1) is 28.9 Å². The fourth-order valence-corrected chi connectivity index (χ4v) is 3.14. The van der Waals surface area contributed by atoms with Crippen LogP contribution in [0.2, 0.25) is 5.02 Å². The number of anilines is 1. The standard InChI is InChI=1S/C15H19ClN2O4S/c1-2-21-6-7-22-15-11(16)4-3-5-12(15)17-13(19)8-18-10-23-9-14(18)20/h3-5H,2,6-10H2,1H3,(H,17,19). The molecular formula is C15H19ClN2O4S. The highest BCUT2D eigenvalue weighted by Crippen LogP contribution is 2.33. The minimum Gasteiger partial charge on any atom is -0.487 e. The van der Waals surface area contributed by atoms with Crippen LogP contribution in [0.3, 0.4) is 0 Å². The van der Waals surface area contributed by atoms with Crippen molar-refractivity contribution in [3.63, 3.8) is 0 Å². The lowest BCUT2D eigenvalue weighted by Gasteiger charge is -2.17. The Morgan fingerprint density at radius 1 is 1.43 bits per heavy atom. The quantitative estimate of drug-likeness (QED) is 0.722. The molecule has 23 heavy (non-hydrogen) atoms. The van der Waals surface area contributed by atoms with Gasteiger partial charge in [0.2, 0.25) is 11.8 Å². The average molecular weight is 359 g/mol. The fraction of sp³-hybridized carbons (Fsp3) is 0.467. The summed E-state index contributed by atoms with van der Waals surface area (Å²) in [5.74, 6) is 1.07. The molecule has 0 aromatic heterocycles. The van der Waals surface area contributed by atoms with E-state index in [0.717, 1.165) is 0 Å². The molecule has 0 radical (unpaired) electrons. The fourth-order valence-electron chi connectivity index (χ4n) is 2.00. The topological polar surface area (TPSA) is 67.9 Å². The summed E-state index contributed by atoms with van der Waals surface area (Å²) in [5.41, 5.74) is 0.485. The van der Waals surface area contributed by atoms with Crippen molar-refractivity contribution < 1.29 is 19.1 Å². The van der Waals surface area contributed by atoms with Gasteiger partial charge in [-0.15, -0.1) is 11.8 Å². The maximum atomic E-state index is 12.1. The number of carbonyl (C=O) groups excluding carboxylic acids is 2. The third-order valence-corrected chi connectivity index (χ3v) is 4.32. The number of amides is 2. The van der Waals surface area contributed by atoms with Crippen molar-refractivity contribution in [1.82, 2.24) is 4.90 Å². The first-order valence-corrected chi connectivity index (χ1v) is 8.79. The highest BCUT2D eigenvalue weighted by Gasteiger charge is 2.23. The van der Waals surface area contributed by atoms with Gasteiger partial charge in [-0.1, -0.05) is 17.7 Å². The number of thioether (sulfide) groups is 1. The van der Waals surface area contributed by atoms with E-state index >= 15 is 0 Å². The molecule has 0 unspecified atom stereocenters. The molecule has 1 aromatic rings. The van der Waals surface area contributed by atoms with Crippen LogP contribution in [-0.4, -0.2) is 54.7 Å². The highest BCUT2D eigenvalue weighted by molar-refractivity contribution is 8.00. The second-order valence-electron chi connectivity index (χ2n) is 4.78. The van der Waals surface area contributed by atoms with Crippen molar-refractivity contribution in [2.24, 2.45) is 0 Å². The van der Waals surface area contributed by atoms with Crippen molar-refractivity contribution in [3.05, 3.63) is 23.2 Å². The number of halogens is 1. The Morgan fingerprint density at radius 2 is 2.26 bits per heavy atom. The number of hydrogen-bond donors (Lipinski definition) is 1. The molecule has 1 aromatic carbocycles. The van der Waals surface area contributed by atoms with E-state index in [1.54, 1.807) is 18.2 Å². The molecule has 1 aliphatic heterocycles. The predicted octanol–water partition coefficient (Wildman–Crippen LogP) is 2.23. The van der Waals surface area contributed by atoms with E-state index in [2.05, 4.69) is 5.32 Å². The van der Waals surface area contributed by atoms with Gasteiger partial charge in [0.25, 0.3) is 0 Å². The summed E-state index contributed by atoms with van der Waals surface area (Å²) in [7, 11) is 0. The highest BCUT2D eigenvalue weighted by atomic mass is 35.5. The van der Waals surface area contributed by atoms with Gasteiger partial charge in [-0.2, -0.15) is 0 Å². The average Bonchev–Trinajstić information content (AvgIpc) is 2.91. The van der Waals surface area contributed by atoms with Crippen molar-refractivity contribution in [2.75, 3.05) is 43.3 Å². The number of para-hydroxylation sites is 1. The maximum Gasteiger partial charge on any atom is 0.244 e. The number of nitrogens with one attached hydrogen (secondary N) is 1. The monoisotopic (exact) mass is 358 g/mol. The van der Waals surface area contributed by atoms with E-state index in [1.165, 1.54) is 16.7 Å². The number of hydrogen-bond acceptors (Lipinski definition) is 5. The molecule has 1 saturated heterocycles. The minimum atomic E-state index is -0.280. The number of rotatable bonds is 8.